The standard InChI is InChI=1S/C27H42N2O6/c1-9-13-28(26(7,8)16-25(4,5)6)23(32)21-27-12-11-18(35-27)19(24(33)34-14-10-2)20(27)22(31)29(21)17(3)15-30/h9-10,17-21,30H,1-2,11-16H2,3-8H3/t17-,18-,19+,20+,21?,27?/m1/s1. The van der Waals surface area contributed by atoms with Gasteiger partial charge in [0.15, 0.2) is 0 Å². The summed E-state index contributed by atoms with van der Waals surface area (Å²) in [6, 6.07) is -1.55. The second-order valence-corrected chi connectivity index (χ2v) is 12.0. The minimum absolute atomic E-state index is 0.0448. The van der Waals surface area contributed by atoms with E-state index < -0.39 is 47.1 Å². The molecule has 2 amide bonds. The van der Waals surface area contributed by atoms with E-state index in [1.807, 2.05) is 13.8 Å². The van der Waals surface area contributed by atoms with E-state index in [1.165, 1.54) is 11.0 Å². The molecule has 0 aliphatic carbocycles. The van der Waals surface area contributed by atoms with Crippen molar-refractivity contribution in [1.29, 1.82) is 0 Å². The lowest BCUT2D eigenvalue weighted by atomic mass is 9.70. The van der Waals surface area contributed by atoms with E-state index in [4.69, 9.17) is 9.47 Å². The summed E-state index contributed by atoms with van der Waals surface area (Å²) in [6.45, 7) is 19.6. The summed E-state index contributed by atoms with van der Waals surface area (Å²) in [5.74, 6) is -2.68. The fourth-order valence-electron chi connectivity index (χ4n) is 6.74. The SMILES string of the molecule is C=CCOC(=O)[C@@H]1[C@H]2C(=O)N([C@H](C)CO)C(C(=O)N(CC=C)C(C)(C)CC(C)(C)C)C23CC[C@H]1O3. The van der Waals surface area contributed by atoms with Crippen LogP contribution in [0.25, 0.3) is 0 Å². The topological polar surface area (TPSA) is 96.4 Å². The molecule has 196 valence electrons. The van der Waals surface area contributed by atoms with Crippen LogP contribution in [-0.4, -0.2) is 81.8 Å². The van der Waals surface area contributed by atoms with Gasteiger partial charge in [-0.1, -0.05) is 39.5 Å². The smallest absolute Gasteiger partial charge is 0.312 e. The molecular weight excluding hydrogens is 448 g/mol. The number of ether oxygens (including phenoxy) is 2. The first kappa shape index (κ1) is 27.4. The third kappa shape index (κ3) is 4.67. The van der Waals surface area contributed by atoms with Crippen LogP contribution in [0.5, 0.6) is 0 Å². The molecule has 3 fully saturated rings. The molecule has 3 aliphatic rings. The van der Waals surface area contributed by atoms with Crippen LogP contribution in [0.3, 0.4) is 0 Å². The number of likely N-dealkylation sites (tertiary alicyclic amines) is 1. The third-order valence-electron chi connectivity index (χ3n) is 7.60. The highest BCUT2D eigenvalue weighted by Crippen LogP contribution is 2.59. The van der Waals surface area contributed by atoms with E-state index in [0.717, 1.165) is 6.42 Å². The van der Waals surface area contributed by atoms with Crippen LogP contribution in [0.15, 0.2) is 25.3 Å². The average Bonchev–Trinajstić information content (AvgIpc) is 3.40. The summed E-state index contributed by atoms with van der Waals surface area (Å²) in [4.78, 5) is 44.5. The van der Waals surface area contributed by atoms with Crippen LogP contribution in [0, 0.1) is 17.3 Å². The van der Waals surface area contributed by atoms with E-state index in [9.17, 15) is 19.5 Å². The van der Waals surface area contributed by atoms with Gasteiger partial charge in [0.2, 0.25) is 11.8 Å². The van der Waals surface area contributed by atoms with Crippen molar-refractivity contribution < 1.29 is 29.0 Å². The Bertz CT molecular complexity index is 877. The van der Waals surface area contributed by atoms with Crippen LogP contribution >= 0.6 is 0 Å². The van der Waals surface area contributed by atoms with Crippen molar-refractivity contribution in [3.63, 3.8) is 0 Å². The lowest BCUT2D eigenvalue weighted by molar-refractivity contribution is -0.157. The van der Waals surface area contributed by atoms with Gasteiger partial charge in [-0.2, -0.15) is 0 Å². The molecule has 3 aliphatic heterocycles. The second-order valence-electron chi connectivity index (χ2n) is 12.0. The summed E-state index contributed by atoms with van der Waals surface area (Å²) in [6.07, 6.45) is 4.48. The van der Waals surface area contributed by atoms with Gasteiger partial charge in [0.05, 0.1) is 30.6 Å². The molecule has 3 saturated heterocycles. The first-order valence-electron chi connectivity index (χ1n) is 12.6. The average molecular weight is 491 g/mol. The largest absolute Gasteiger partial charge is 0.461 e. The molecule has 8 heteroatoms. The summed E-state index contributed by atoms with van der Waals surface area (Å²) in [5.41, 5.74) is -1.71. The molecule has 0 aromatic heterocycles. The van der Waals surface area contributed by atoms with E-state index in [-0.39, 0.29) is 30.4 Å². The molecule has 6 atom stereocenters. The summed E-state index contributed by atoms with van der Waals surface area (Å²) in [5, 5.41) is 10.0. The van der Waals surface area contributed by atoms with E-state index in [0.29, 0.717) is 19.4 Å². The van der Waals surface area contributed by atoms with Gasteiger partial charge in [-0.05, 0) is 45.4 Å². The van der Waals surface area contributed by atoms with Crippen LogP contribution in [0.1, 0.15) is 60.8 Å². The number of aliphatic hydroxyl groups excluding tert-OH is 1. The lowest BCUT2D eigenvalue weighted by Gasteiger charge is -2.46. The number of hydrogen-bond acceptors (Lipinski definition) is 6. The minimum atomic E-state index is -1.13. The second kappa shape index (κ2) is 9.69. The van der Waals surface area contributed by atoms with Gasteiger partial charge in [-0.25, -0.2) is 0 Å². The Labute approximate surface area is 209 Å². The van der Waals surface area contributed by atoms with Gasteiger partial charge in [0, 0.05) is 12.1 Å². The Hall–Kier alpha value is -2.19. The maximum atomic E-state index is 14.4. The predicted molar refractivity (Wildman–Crippen MR) is 132 cm³/mol. The zero-order valence-electron chi connectivity index (χ0n) is 22.1. The Kier molecular flexibility index (Phi) is 7.59. The van der Waals surface area contributed by atoms with Crippen molar-refractivity contribution in [3.05, 3.63) is 25.3 Å². The first-order valence-corrected chi connectivity index (χ1v) is 12.6. The summed E-state index contributed by atoms with van der Waals surface area (Å²) < 4.78 is 11.8. The van der Waals surface area contributed by atoms with Gasteiger partial charge >= 0.3 is 5.97 Å². The first-order chi connectivity index (χ1) is 16.3. The quantitative estimate of drug-likeness (QED) is 0.374. The van der Waals surface area contributed by atoms with Gasteiger partial charge in [-0.3, -0.25) is 14.4 Å². The highest BCUT2D eigenvalue weighted by Gasteiger charge is 2.75. The van der Waals surface area contributed by atoms with Gasteiger partial charge < -0.3 is 24.4 Å². The van der Waals surface area contributed by atoms with Crippen LogP contribution in [0.4, 0.5) is 0 Å². The molecule has 0 saturated carbocycles. The van der Waals surface area contributed by atoms with Crippen molar-refractivity contribution in [2.75, 3.05) is 19.8 Å². The highest BCUT2D eigenvalue weighted by molar-refractivity contribution is 5.98. The number of carbonyl (C=O) groups excluding carboxylic acids is 3. The molecular formula is C27H42N2O6. The number of rotatable bonds is 10. The number of nitrogens with zero attached hydrogens (tertiary/aromatic N) is 2. The Morgan fingerprint density at radius 3 is 2.49 bits per heavy atom. The van der Waals surface area contributed by atoms with Crippen molar-refractivity contribution in [1.82, 2.24) is 9.80 Å². The zero-order chi connectivity index (χ0) is 26.3. The van der Waals surface area contributed by atoms with Gasteiger partial charge in [0.1, 0.15) is 18.2 Å². The van der Waals surface area contributed by atoms with Crippen molar-refractivity contribution in [3.8, 4) is 0 Å². The molecule has 0 aromatic carbocycles. The molecule has 1 N–H and O–H groups in total. The van der Waals surface area contributed by atoms with Crippen LogP contribution < -0.4 is 0 Å². The fourth-order valence-corrected chi connectivity index (χ4v) is 6.74. The lowest BCUT2D eigenvalue weighted by Crippen LogP contribution is -2.62. The third-order valence-corrected chi connectivity index (χ3v) is 7.60. The number of carbonyl (C=O) groups is 3. The minimum Gasteiger partial charge on any atom is -0.461 e. The number of amides is 2. The number of hydrogen-bond donors (Lipinski definition) is 1. The normalized spacial score (nSPS) is 30.7. The van der Waals surface area contributed by atoms with Crippen molar-refractivity contribution in [2.24, 2.45) is 17.3 Å². The molecule has 0 radical (unpaired) electrons. The Morgan fingerprint density at radius 1 is 1.29 bits per heavy atom. The van der Waals surface area contributed by atoms with Crippen molar-refractivity contribution >= 4 is 17.8 Å². The van der Waals surface area contributed by atoms with E-state index in [1.54, 1.807) is 17.9 Å². The molecule has 2 unspecified atom stereocenters. The van der Waals surface area contributed by atoms with E-state index >= 15 is 0 Å². The summed E-state index contributed by atoms with van der Waals surface area (Å²) in [7, 11) is 0. The number of esters is 1. The summed E-state index contributed by atoms with van der Waals surface area (Å²) >= 11 is 0. The molecule has 3 rings (SSSR count). The van der Waals surface area contributed by atoms with Crippen molar-refractivity contribution in [2.45, 2.75) is 90.1 Å². The molecule has 8 nitrogen and oxygen atoms in total. The Morgan fingerprint density at radius 2 is 1.94 bits per heavy atom. The number of aliphatic hydroxyl groups is 1. The monoisotopic (exact) mass is 490 g/mol. The molecule has 0 aromatic rings. The predicted octanol–water partition coefficient (Wildman–Crippen LogP) is 2.70. The zero-order valence-corrected chi connectivity index (χ0v) is 22.1. The van der Waals surface area contributed by atoms with Crippen LogP contribution in [0.2, 0.25) is 0 Å². The maximum Gasteiger partial charge on any atom is 0.312 e. The van der Waals surface area contributed by atoms with Gasteiger partial charge in [-0.15, -0.1) is 6.58 Å². The van der Waals surface area contributed by atoms with E-state index in [2.05, 4.69) is 33.9 Å². The molecule has 2 bridgehead atoms. The molecule has 1 spiro atoms. The van der Waals surface area contributed by atoms with Gasteiger partial charge in [0.25, 0.3) is 0 Å². The maximum absolute atomic E-state index is 14.4. The molecule has 35 heavy (non-hydrogen) atoms. The molecule has 3 heterocycles. The highest BCUT2D eigenvalue weighted by atomic mass is 16.6. The Balaban J connectivity index is 2.07. The number of fused-ring (bicyclic) bond motifs is 1. The van der Waals surface area contributed by atoms with Crippen LogP contribution in [-0.2, 0) is 23.9 Å². The fraction of sp³-hybridized carbons (Fsp3) is 0.741.